The molecule has 2 aliphatic rings. The second-order valence-electron chi connectivity index (χ2n) is 13.7. The molecule has 1 N–H and O–H groups in total. The van der Waals surface area contributed by atoms with Crippen LogP contribution in [-0.2, 0) is 52.4 Å². The summed E-state index contributed by atoms with van der Waals surface area (Å²) in [5.74, 6) is -5.56. The first-order chi connectivity index (χ1) is 28.5. The number of carbonyl (C=O) groups excluding carboxylic acids is 7. The summed E-state index contributed by atoms with van der Waals surface area (Å²) in [7, 11) is 1.16. The zero-order chi connectivity index (χ0) is 42.6. The molecule has 2 aromatic carbocycles. The van der Waals surface area contributed by atoms with Crippen LogP contribution in [0.1, 0.15) is 72.1 Å². The van der Waals surface area contributed by atoms with E-state index < -0.39 is 53.6 Å². The molecule has 2 aromatic rings. The molecule has 320 valence electrons. The molecule has 17 heteroatoms. The molecule has 0 amide bonds. The van der Waals surface area contributed by atoms with Gasteiger partial charge < -0.3 is 47.7 Å². The van der Waals surface area contributed by atoms with Crippen molar-refractivity contribution in [3.63, 3.8) is 0 Å². The minimum absolute atomic E-state index is 0.0192. The molecular weight excluding hydrogens is 776 g/mol. The van der Waals surface area contributed by atoms with Crippen molar-refractivity contribution in [1.29, 1.82) is 0 Å². The molecule has 0 aromatic heterocycles. The van der Waals surface area contributed by atoms with Crippen molar-refractivity contribution in [2.45, 2.75) is 51.4 Å². The highest BCUT2D eigenvalue weighted by molar-refractivity contribution is 5.94. The normalized spacial score (nSPS) is 18.7. The SMILES string of the molecule is C=CC(=O)OCCOCCOC(=O)c1ccc(OC(=O)C2CCC(C(=O)Oc3ccc(OC(=O)C4CCC(C(=O)OCCOCCO)CC4)cc3C(=O)OC)CC2)cc1. The Morgan fingerprint density at radius 3 is 1.59 bits per heavy atom. The molecule has 0 saturated heterocycles. The zero-order valence-electron chi connectivity index (χ0n) is 32.9. The van der Waals surface area contributed by atoms with E-state index in [2.05, 4.69) is 6.58 Å². The van der Waals surface area contributed by atoms with E-state index in [0.29, 0.717) is 51.4 Å². The summed E-state index contributed by atoms with van der Waals surface area (Å²) >= 11 is 0. The van der Waals surface area contributed by atoms with E-state index in [1.807, 2.05) is 0 Å². The van der Waals surface area contributed by atoms with E-state index in [9.17, 15) is 33.6 Å². The van der Waals surface area contributed by atoms with E-state index in [-0.39, 0.29) is 93.1 Å². The van der Waals surface area contributed by atoms with Crippen LogP contribution in [0.25, 0.3) is 0 Å². The highest BCUT2D eigenvalue weighted by atomic mass is 16.6. The fourth-order valence-corrected chi connectivity index (χ4v) is 6.43. The van der Waals surface area contributed by atoms with Gasteiger partial charge in [-0.2, -0.15) is 0 Å². The van der Waals surface area contributed by atoms with Crippen molar-refractivity contribution >= 4 is 41.8 Å². The number of benzene rings is 2. The van der Waals surface area contributed by atoms with E-state index in [0.717, 1.165) is 13.2 Å². The lowest BCUT2D eigenvalue weighted by Gasteiger charge is -2.26. The number of hydrogen-bond acceptors (Lipinski definition) is 17. The average molecular weight is 827 g/mol. The first-order valence-corrected chi connectivity index (χ1v) is 19.4. The summed E-state index contributed by atoms with van der Waals surface area (Å²) in [6.45, 7) is 3.86. The Kier molecular flexibility index (Phi) is 19.0. The van der Waals surface area contributed by atoms with Crippen LogP contribution in [0, 0.1) is 23.7 Å². The van der Waals surface area contributed by atoms with Crippen LogP contribution in [-0.4, -0.2) is 107 Å². The van der Waals surface area contributed by atoms with E-state index in [4.69, 9.17) is 47.7 Å². The fourth-order valence-electron chi connectivity index (χ4n) is 6.43. The Morgan fingerprint density at radius 1 is 0.576 bits per heavy atom. The lowest BCUT2D eigenvalue weighted by atomic mass is 9.82. The van der Waals surface area contributed by atoms with Gasteiger partial charge in [0.25, 0.3) is 0 Å². The number of carbonyl (C=O) groups is 7. The van der Waals surface area contributed by atoms with Crippen LogP contribution in [0.15, 0.2) is 55.1 Å². The van der Waals surface area contributed by atoms with Crippen LogP contribution in [0.4, 0.5) is 0 Å². The van der Waals surface area contributed by atoms with Gasteiger partial charge in [-0.05, 0) is 93.8 Å². The standard InChI is InChI=1S/C42H50O17/c1-3-36(44)54-23-20-53-22-25-56-38(46)28-12-14-32(15-13-28)57-39(47)29-8-10-31(11-9-29)41(49)59-35-17-16-33(26-34(35)42(50)51-2)58-40(48)30-6-4-27(5-7-30)37(45)55-24-21-52-19-18-43/h3,12-17,26-27,29-31,43H,1,4-11,18-25H2,2H3. The number of rotatable bonds is 21. The van der Waals surface area contributed by atoms with Gasteiger partial charge in [0.15, 0.2) is 0 Å². The van der Waals surface area contributed by atoms with Crippen molar-refractivity contribution in [3.05, 3.63) is 66.2 Å². The maximum absolute atomic E-state index is 13.2. The quantitative estimate of drug-likeness (QED) is 0.0618. The molecule has 0 spiro atoms. The van der Waals surface area contributed by atoms with E-state index in [1.54, 1.807) is 0 Å². The molecule has 59 heavy (non-hydrogen) atoms. The van der Waals surface area contributed by atoms with Gasteiger partial charge in [-0.1, -0.05) is 6.58 Å². The molecule has 0 atom stereocenters. The number of ether oxygens (including phenoxy) is 9. The summed E-state index contributed by atoms with van der Waals surface area (Å²) in [4.78, 5) is 87.5. The minimum atomic E-state index is -0.810. The van der Waals surface area contributed by atoms with Crippen LogP contribution in [0.2, 0.25) is 0 Å². The number of methoxy groups -OCH3 is 1. The van der Waals surface area contributed by atoms with Crippen molar-refractivity contribution in [2.75, 3.05) is 60.0 Å². The Balaban J connectivity index is 1.19. The average Bonchev–Trinajstić information content (AvgIpc) is 3.26. The smallest absolute Gasteiger partial charge is 0.341 e. The zero-order valence-corrected chi connectivity index (χ0v) is 32.9. The van der Waals surface area contributed by atoms with Crippen LogP contribution in [0.5, 0.6) is 17.2 Å². The number of aliphatic hydroxyl groups is 1. The minimum Gasteiger partial charge on any atom is -0.465 e. The molecule has 0 aliphatic heterocycles. The van der Waals surface area contributed by atoms with Crippen molar-refractivity contribution < 1.29 is 81.3 Å². The second-order valence-corrected chi connectivity index (χ2v) is 13.7. The molecule has 0 unspecified atom stereocenters. The Morgan fingerprint density at radius 2 is 1.05 bits per heavy atom. The molecule has 17 nitrogen and oxygen atoms in total. The molecular formula is C42H50O17. The largest absolute Gasteiger partial charge is 0.465 e. The lowest BCUT2D eigenvalue weighted by molar-refractivity contribution is -0.153. The summed E-state index contributed by atoms with van der Waals surface area (Å²) in [5.41, 5.74) is 0.121. The number of hydrogen-bond donors (Lipinski definition) is 1. The second kappa shape index (κ2) is 24.3. The highest BCUT2D eigenvalue weighted by Gasteiger charge is 2.34. The van der Waals surface area contributed by atoms with Gasteiger partial charge in [0.2, 0.25) is 0 Å². The molecule has 2 aliphatic carbocycles. The first-order valence-electron chi connectivity index (χ1n) is 19.4. The fraction of sp³-hybridized carbons (Fsp3) is 0.500. The van der Waals surface area contributed by atoms with Gasteiger partial charge in [0.05, 0.1) is 69.4 Å². The summed E-state index contributed by atoms with van der Waals surface area (Å²) in [6, 6.07) is 9.89. The van der Waals surface area contributed by atoms with Crippen molar-refractivity contribution in [1.82, 2.24) is 0 Å². The number of aliphatic hydroxyl groups excluding tert-OH is 1. The predicted octanol–water partition coefficient (Wildman–Crippen LogP) is 3.96. The van der Waals surface area contributed by atoms with E-state index in [1.165, 1.54) is 42.5 Å². The van der Waals surface area contributed by atoms with Crippen LogP contribution >= 0.6 is 0 Å². The molecule has 2 fully saturated rings. The third kappa shape index (κ3) is 14.9. The van der Waals surface area contributed by atoms with Gasteiger partial charge in [-0.15, -0.1) is 0 Å². The van der Waals surface area contributed by atoms with Gasteiger partial charge >= 0.3 is 41.8 Å². The van der Waals surface area contributed by atoms with Crippen molar-refractivity contribution in [2.24, 2.45) is 23.7 Å². The first kappa shape index (κ1) is 46.0. The predicted molar refractivity (Wildman–Crippen MR) is 203 cm³/mol. The molecule has 0 heterocycles. The Bertz CT molecular complexity index is 1750. The Hall–Kier alpha value is -5.65. The summed E-state index contributed by atoms with van der Waals surface area (Å²) in [5, 5.41) is 8.74. The lowest BCUT2D eigenvalue weighted by Crippen LogP contribution is -2.30. The van der Waals surface area contributed by atoms with Crippen molar-refractivity contribution in [3.8, 4) is 17.2 Å². The number of esters is 7. The van der Waals surface area contributed by atoms with E-state index >= 15 is 0 Å². The van der Waals surface area contributed by atoms with Gasteiger partial charge in [0, 0.05) is 6.08 Å². The molecule has 0 bridgehead atoms. The van der Waals surface area contributed by atoms with Crippen LogP contribution in [0.3, 0.4) is 0 Å². The third-order valence-corrected chi connectivity index (χ3v) is 9.69. The Labute approximate surface area is 341 Å². The molecule has 0 radical (unpaired) electrons. The maximum atomic E-state index is 13.2. The van der Waals surface area contributed by atoms with Crippen LogP contribution < -0.4 is 14.2 Å². The van der Waals surface area contributed by atoms with Gasteiger partial charge in [-0.3, -0.25) is 19.2 Å². The van der Waals surface area contributed by atoms with Gasteiger partial charge in [-0.25, -0.2) is 14.4 Å². The molecule has 2 saturated carbocycles. The van der Waals surface area contributed by atoms with Gasteiger partial charge in [0.1, 0.15) is 42.6 Å². The monoisotopic (exact) mass is 826 g/mol. The maximum Gasteiger partial charge on any atom is 0.341 e. The third-order valence-electron chi connectivity index (χ3n) is 9.69. The summed E-state index contributed by atoms with van der Waals surface area (Å²) < 4.78 is 47.1. The topological polar surface area (TPSA) is 223 Å². The molecule has 4 rings (SSSR count). The highest BCUT2D eigenvalue weighted by Crippen LogP contribution is 2.34. The summed E-state index contributed by atoms with van der Waals surface area (Å²) in [6.07, 6.45) is 4.10.